The van der Waals surface area contributed by atoms with Crippen molar-refractivity contribution in [1.29, 1.82) is 0 Å². The molecule has 2 aromatic rings. The second-order valence-electron chi connectivity index (χ2n) is 4.71. The van der Waals surface area contributed by atoms with E-state index < -0.39 is 0 Å². The van der Waals surface area contributed by atoms with Gasteiger partial charge in [-0.15, -0.1) is 0 Å². The van der Waals surface area contributed by atoms with E-state index in [1.54, 1.807) is 6.92 Å². The molecule has 5 nitrogen and oxygen atoms in total. The molecule has 0 atom stereocenters. The van der Waals surface area contributed by atoms with Crippen LogP contribution in [0.2, 0.25) is 0 Å². The first kappa shape index (κ1) is 14.3. The fourth-order valence-corrected chi connectivity index (χ4v) is 2.24. The molecule has 0 saturated heterocycles. The van der Waals surface area contributed by atoms with Gasteiger partial charge in [-0.3, -0.25) is 9.59 Å². The predicted molar refractivity (Wildman–Crippen MR) is 80.2 cm³/mol. The molecule has 2 rings (SSSR count). The summed E-state index contributed by atoms with van der Waals surface area (Å²) in [5, 5.41) is 6.69. The molecule has 0 aliphatic carbocycles. The van der Waals surface area contributed by atoms with Gasteiger partial charge in [0.2, 0.25) is 0 Å². The Morgan fingerprint density at radius 3 is 2.75 bits per heavy atom. The normalized spacial score (nSPS) is 10.7. The number of carbonyl (C=O) groups excluding carboxylic acids is 1. The summed E-state index contributed by atoms with van der Waals surface area (Å²) < 4.78 is 0. The standard InChI is InChI=1S/C15H19N3O2/c1-10-11-6-3-4-7-12(11)18-15(20)13(10)14(19)17-9-5-8-16-2/h3-4,6-7,16H,5,8-9H2,1-2H3,(H,17,19)(H,18,20). The third kappa shape index (κ3) is 2.88. The van der Waals surface area contributed by atoms with Gasteiger partial charge in [0.1, 0.15) is 5.56 Å². The Kier molecular flexibility index (Phi) is 4.53. The lowest BCUT2D eigenvalue weighted by molar-refractivity contribution is 0.0951. The third-order valence-electron chi connectivity index (χ3n) is 3.30. The van der Waals surface area contributed by atoms with Crippen LogP contribution in [-0.2, 0) is 0 Å². The van der Waals surface area contributed by atoms with E-state index in [-0.39, 0.29) is 17.0 Å². The van der Waals surface area contributed by atoms with Gasteiger partial charge >= 0.3 is 0 Å². The average molecular weight is 273 g/mol. The monoisotopic (exact) mass is 273 g/mol. The summed E-state index contributed by atoms with van der Waals surface area (Å²) in [5.74, 6) is -0.314. The van der Waals surface area contributed by atoms with Crippen LogP contribution in [0.25, 0.3) is 10.9 Å². The second-order valence-corrected chi connectivity index (χ2v) is 4.71. The van der Waals surface area contributed by atoms with Crippen LogP contribution >= 0.6 is 0 Å². The molecule has 1 heterocycles. The summed E-state index contributed by atoms with van der Waals surface area (Å²) >= 11 is 0. The largest absolute Gasteiger partial charge is 0.352 e. The molecule has 0 saturated carbocycles. The first-order chi connectivity index (χ1) is 9.65. The minimum absolute atomic E-state index is 0.202. The van der Waals surface area contributed by atoms with E-state index in [0.29, 0.717) is 6.54 Å². The number of fused-ring (bicyclic) bond motifs is 1. The fraction of sp³-hybridized carbons (Fsp3) is 0.333. The maximum Gasteiger partial charge on any atom is 0.261 e. The summed E-state index contributed by atoms with van der Waals surface area (Å²) in [5.41, 5.74) is 1.33. The van der Waals surface area contributed by atoms with Crippen molar-refractivity contribution >= 4 is 16.8 Å². The van der Waals surface area contributed by atoms with Gasteiger partial charge in [-0.25, -0.2) is 0 Å². The lowest BCUT2D eigenvalue weighted by Gasteiger charge is -2.09. The highest BCUT2D eigenvalue weighted by molar-refractivity contribution is 5.99. The number of carbonyl (C=O) groups is 1. The van der Waals surface area contributed by atoms with Crippen molar-refractivity contribution in [3.05, 3.63) is 45.7 Å². The highest BCUT2D eigenvalue weighted by Gasteiger charge is 2.15. The summed E-state index contributed by atoms with van der Waals surface area (Å²) in [4.78, 5) is 27.0. The van der Waals surface area contributed by atoms with Crippen molar-refractivity contribution < 1.29 is 4.79 Å². The zero-order chi connectivity index (χ0) is 14.5. The number of pyridine rings is 1. The van der Waals surface area contributed by atoms with Crippen LogP contribution < -0.4 is 16.2 Å². The van der Waals surface area contributed by atoms with Crippen molar-refractivity contribution in [2.45, 2.75) is 13.3 Å². The maximum atomic E-state index is 12.1. The van der Waals surface area contributed by atoms with E-state index in [1.165, 1.54) is 0 Å². The molecule has 0 bridgehead atoms. The van der Waals surface area contributed by atoms with E-state index in [4.69, 9.17) is 0 Å². The van der Waals surface area contributed by atoms with E-state index >= 15 is 0 Å². The van der Waals surface area contributed by atoms with Gasteiger partial charge in [0.25, 0.3) is 11.5 Å². The molecule has 106 valence electrons. The Balaban J connectivity index is 2.29. The summed E-state index contributed by atoms with van der Waals surface area (Å²) in [6, 6.07) is 7.48. The molecule has 3 N–H and O–H groups in total. The Morgan fingerprint density at radius 2 is 2.00 bits per heavy atom. The molecular weight excluding hydrogens is 254 g/mol. The quantitative estimate of drug-likeness (QED) is 0.716. The summed E-state index contributed by atoms with van der Waals surface area (Å²) in [7, 11) is 1.86. The van der Waals surface area contributed by atoms with E-state index in [0.717, 1.165) is 29.4 Å². The van der Waals surface area contributed by atoms with Crippen molar-refractivity contribution in [3.8, 4) is 0 Å². The van der Waals surface area contributed by atoms with Crippen LogP contribution in [0.3, 0.4) is 0 Å². The molecule has 1 aromatic carbocycles. The van der Waals surface area contributed by atoms with Crippen LogP contribution in [0.1, 0.15) is 22.3 Å². The van der Waals surface area contributed by atoms with Crippen LogP contribution in [-0.4, -0.2) is 31.0 Å². The SMILES string of the molecule is CNCCCNC(=O)c1c(C)c2ccccc2[nH]c1=O. The molecule has 1 amide bonds. The van der Waals surface area contributed by atoms with Gasteiger partial charge in [-0.2, -0.15) is 0 Å². The first-order valence-electron chi connectivity index (χ1n) is 6.69. The number of H-pyrrole nitrogens is 1. The zero-order valence-electron chi connectivity index (χ0n) is 11.7. The van der Waals surface area contributed by atoms with Crippen LogP contribution in [0.5, 0.6) is 0 Å². The van der Waals surface area contributed by atoms with Gasteiger partial charge in [0.15, 0.2) is 0 Å². The molecule has 0 aliphatic heterocycles. The number of aromatic nitrogens is 1. The number of rotatable bonds is 5. The van der Waals surface area contributed by atoms with Gasteiger partial charge in [-0.1, -0.05) is 18.2 Å². The molecule has 0 fully saturated rings. The Morgan fingerprint density at radius 1 is 1.25 bits per heavy atom. The number of aryl methyl sites for hydroxylation is 1. The second kappa shape index (κ2) is 6.34. The number of nitrogens with one attached hydrogen (secondary N) is 3. The van der Waals surface area contributed by atoms with Gasteiger partial charge in [0.05, 0.1) is 0 Å². The number of benzene rings is 1. The van der Waals surface area contributed by atoms with Crippen LogP contribution in [0.15, 0.2) is 29.1 Å². The zero-order valence-corrected chi connectivity index (χ0v) is 11.7. The van der Waals surface area contributed by atoms with Crippen molar-refractivity contribution in [2.24, 2.45) is 0 Å². The molecular formula is C15H19N3O2. The molecule has 0 radical (unpaired) electrons. The number of amides is 1. The van der Waals surface area contributed by atoms with Gasteiger partial charge < -0.3 is 15.6 Å². The van der Waals surface area contributed by atoms with E-state index in [1.807, 2.05) is 31.3 Å². The van der Waals surface area contributed by atoms with Crippen molar-refractivity contribution in [2.75, 3.05) is 20.1 Å². The van der Waals surface area contributed by atoms with E-state index in [2.05, 4.69) is 15.6 Å². The molecule has 0 aliphatic rings. The lowest BCUT2D eigenvalue weighted by Crippen LogP contribution is -2.32. The third-order valence-corrected chi connectivity index (χ3v) is 3.30. The highest BCUT2D eigenvalue weighted by Crippen LogP contribution is 2.16. The number of aromatic amines is 1. The summed E-state index contributed by atoms with van der Waals surface area (Å²) in [6.07, 6.45) is 0.826. The average Bonchev–Trinajstić information content (AvgIpc) is 2.43. The van der Waals surface area contributed by atoms with Crippen LogP contribution in [0.4, 0.5) is 0 Å². The molecule has 20 heavy (non-hydrogen) atoms. The Hall–Kier alpha value is -2.14. The predicted octanol–water partition coefficient (Wildman–Crippen LogP) is 1.18. The van der Waals surface area contributed by atoms with Gasteiger partial charge in [0, 0.05) is 17.4 Å². The number of para-hydroxylation sites is 1. The first-order valence-corrected chi connectivity index (χ1v) is 6.69. The van der Waals surface area contributed by atoms with Crippen molar-refractivity contribution in [1.82, 2.24) is 15.6 Å². The maximum absolute atomic E-state index is 12.1. The topological polar surface area (TPSA) is 74.0 Å². The highest BCUT2D eigenvalue weighted by atomic mass is 16.2. The Labute approximate surface area is 117 Å². The minimum atomic E-state index is -0.340. The lowest BCUT2D eigenvalue weighted by atomic mass is 10.0. The summed E-state index contributed by atoms with van der Waals surface area (Å²) in [6.45, 7) is 3.18. The van der Waals surface area contributed by atoms with Crippen molar-refractivity contribution in [3.63, 3.8) is 0 Å². The number of hydrogen-bond donors (Lipinski definition) is 3. The number of hydrogen-bond acceptors (Lipinski definition) is 3. The van der Waals surface area contributed by atoms with Crippen LogP contribution in [0, 0.1) is 6.92 Å². The smallest absolute Gasteiger partial charge is 0.261 e. The Bertz CT molecular complexity index is 676. The van der Waals surface area contributed by atoms with Gasteiger partial charge in [-0.05, 0) is 38.6 Å². The van der Waals surface area contributed by atoms with E-state index in [9.17, 15) is 9.59 Å². The molecule has 0 unspecified atom stereocenters. The molecule has 1 aromatic heterocycles. The molecule has 0 spiro atoms. The minimum Gasteiger partial charge on any atom is -0.352 e. The fourth-order valence-electron chi connectivity index (χ4n) is 2.24. The molecule has 5 heteroatoms.